The van der Waals surface area contributed by atoms with Crippen molar-refractivity contribution in [2.45, 2.75) is 39.7 Å². The van der Waals surface area contributed by atoms with Gasteiger partial charge in [-0.05, 0) is 45.4 Å². The van der Waals surface area contributed by atoms with Crippen molar-refractivity contribution in [2.75, 3.05) is 13.6 Å². The Balaban J connectivity index is 2.35. The summed E-state index contributed by atoms with van der Waals surface area (Å²) in [5.41, 5.74) is 4.76. The molecular formula is C17H24ClN3. The number of nitrogens with one attached hydrogen (secondary N) is 1. The topological polar surface area (TPSA) is 29.9 Å². The normalized spacial score (nSPS) is 12.6. The highest BCUT2D eigenvalue weighted by Gasteiger charge is 2.20. The van der Waals surface area contributed by atoms with Gasteiger partial charge in [-0.2, -0.15) is 5.10 Å². The average molecular weight is 306 g/mol. The Kier molecular flexibility index (Phi) is 5.43. The lowest BCUT2D eigenvalue weighted by atomic mass is 9.90. The van der Waals surface area contributed by atoms with E-state index in [1.807, 2.05) is 18.7 Å². The molecule has 0 aliphatic rings. The SMILES string of the molecule is CCn1nc(C)c(Cl)c1CC(CNC)c1ccccc1C. The van der Waals surface area contributed by atoms with E-state index in [-0.39, 0.29) is 0 Å². The summed E-state index contributed by atoms with van der Waals surface area (Å²) < 4.78 is 2.03. The second kappa shape index (κ2) is 7.10. The Bertz CT molecular complexity index is 604. The number of hydrogen-bond acceptors (Lipinski definition) is 2. The number of aryl methyl sites for hydroxylation is 3. The number of hydrogen-bond donors (Lipinski definition) is 1. The van der Waals surface area contributed by atoms with Crippen LogP contribution in [0.15, 0.2) is 24.3 Å². The van der Waals surface area contributed by atoms with E-state index in [1.165, 1.54) is 11.1 Å². The molecule has 0 saturated carbocycles. The van der Waals surface area contributed by atoms with Gasteiger partial charge in [0.1, 0.15) is 0 Å². The van der Waals surface area contributed by atoms with E-state index < -0.39 is 0 Å². The van der Waals surface area contributed by atoms with Gasteiger partial charge in [0, 0.05) is 19.0 Å². The summed E-state index contributed by atoms with van der Waals surface area (Å²) in [7, 11) is 2.00. The molecule has 0 fully saturated rings. The Morgan fingerprint density at radius 1 is 1.29 bits per heavy atom. The molecular weight excluding hydrogens is 282 g/mol. The van der Waals surface area contributed by atoms with E-state index in [1.54, 1.807) is 0 Å². The fourth-order valence-corrected chi connectivity index (χ4v) is 3.09. The first-order valence-corrected chi connectivity index (χ1v) is 7.88. The molecule has 0 saturated heterocycles. The summed E-state index contributed by atoms with van der Waals surface area (Å²) >= 11 is 6.46. The number of rotatable bonds is 6. The van der Waals surface area contributed by atoms with Crippen molar-refractivity contribution in [1.82, 2.24) is 15.1 Å². The van der Waals surface area contributed by atoms with E-state index in [2.05, 4.69) is 48.5 Å². The molecule has 1 aromatic heterocycles. The minimum absolute atomic E-state index is 0.398. The van der Waals surface area contributed by atoms with Gasteiger partial charge in [-0.15, -0.1) is 0 Å². The molecule has 0 aliphatic heterocycles. The minimum Gasteiger partial charge on any atom is -0.319 e. The van der Waals surface area contributed by atoms with Crippen LogP contribution in [0.1, 0.15) is 35.4 Å². The summed E-state index contributed by atoms with van der Waals surface area (Å²) in [5, 5.41) is 8.64. The molecule has 0 amide bonds. The van der Waals surface area contributed by atoms with E-state index in [9.17, 15) is 0 Å². The van der Waals surface area contributed by atoms with Gasteiger partial charge in [0.15, 0.2) is 0 Å². The van der Waals surface area contributed by atoms with Crippen molar-refractivity contribution < 1.29 is 0 Å². The number of likely N-dealkylation sites (N-methyl/N-ethyl adjacent to an activating group) is 1. The lowest BCUT2D eigenvalue weighted by Crippen LogP contribution is -2.21. The van der Waals surface area contributed by atoms with Gasteiger partial charge in [0.25, 0.3) is 0 Å². The Labute approximate surface area is 132 Å². The van der Waals surface area contributed by atoms with Crippen LogP contribution in [0.4, 0.5) is 0 Å². The Hall–Kier alpha value is -1.32. The second-order valence-electron chi connectivity index (χ2n) is 5.48. The van der Waals surface area contributed by atoms with Gasteiger partial charge >= 0.3 is 0 Å². The molecule has 1 N–H and O–H groups in total. The van der Waals surface area contributed by atoms with Crippen molar-refractivity contribution >= 4 is 11.6 Å². The predicted molar refractivity (Wildman–Crippen MR) is 89.2 cm³/mol. The van der Waals surface area contributed by atoms with Crippen molar-refractivity contribution in [3.8, 4) is 0 Å². The van der Waals surface area contributed by atoms with E-state index in [0.717, 1.165) is 35.9 Å². The standard InChI is InChI=1S/C17H24ClN3/c1-5-21-16(17(18)13(3)20-21)10-14(11-19-4)15-9-7-6-8-12(15)2/h6-9,14,19H,5,10-11H2,1-4H3. The molecule has 1 atom stereocenters. The molecule has 1 unspecified atom stereocenters. The molecule has 114 valence electrons. The van der Waals surface area contributed by atoms with Crippen molar-refractivity contribution in [3.05, 3.63) is 51.8 Å². The summed E-state index contributed by atoms with van der Waals surface area (Å²) in [5.74, 6) is 0.398. The maximum Gasteiger partial charge on any atom is 0.0847 e. The molecule has 4 heteroatoms. The molecule has 1 heterocycles. The molecule has 21 heavy (non-hydrogen) atoms. The number of nitrogens with zero attached hydrogens (tertiary/aromatic N) is 2. The highest BCUT2D eigenvalue weighted by Crippen LogP contribution is 2.28. The molecule has 1 aromatic carbocycles. The monoisotopic (exact) mass is 305 g/mol. The van der Waals surface area contributed by atoms with Gasteiger partial charge in [-0.3, -0.25) is 4.68 Å². The van der Waals surface area contributed by atoms with Crippen molar-refractivity contribution in [3.63, 3.8) is 0 Å². The van der Waals surface area contributed by atoms with Crippen LogP contribution in [-0.2, 0) is 13.0 Å². The summed E-state index contributed by atoms with van der Waals surface area (Å²) in [6, 6.07) is 8.57. The third-order valence-electron chi connectivity index (χ3n) is 3.97. The molecule has 0 aliphatic carbocycles. The van der Waals surface area contributed by atoms with Crippen LogP contribution >= 0.6 is 11.6 Å². The van der Waals surface area contributed by atoms with Gasteiger partial charge < -0.3 is 5.32 Å². The van der Waals surface area contributed by atoms with Crippen LogP contribution in [0, 0.1) is 13.8 Å². The van der Waals surface area contributed by atoms with Crippen LogP contribution in [0.3, 0.4) is 0 Å². The first-order chi connectivity index (χ1) is 10.1. The van der Waals surface area contributed by atoms with Crippen LogP contribution in [0.2, 0.25) is 5.02 Å². The van der Waals surface area contributed by atoms with Crippen LogP contribution in [0.5, 0.6) is 0 Å². The van der Waals surface area contributed by atoms with Crippen molar-refractivity contribution in [2.24, 2.45) is 0 Å². The summed E-state index contributed by atoms with van der Waals surface area (Å²) in [6.07, 6.45) is 0.902. The average Bonchev–Trinajstić information content (AvgIpc) is 2.75. The fraction of sp³-hybridized carbons (Fsp3) is 0.471. The lowest BCUT2D eigenvalue weighted by molar-refractivity contribution is 0.562. The number of halogens is 1. The number of aromatic nitrogens is 2. The Morgan fingerprint density at radius 2 is 2.00 bits per heavy atom. The lowest BCUT2D eigenvalue weighted by Gasteiger charge is -2.20. The summed E-state index contributed by atoms with van der Waals surface area (Å²) in [6.45, 7) is 8.02. The predicted octanol–water partition coefficient (Wildman–Crippen LogP) is 3.72. The Morgan fingerprint density at radius 3 is 2.62 bits per heavy atom. The third kappa shape index (κ3) is 3.47. The van der Waals surface area contributed by atoms with Gasteiger partial charge in [0.05, 0.1) is 16.4 Å². The van der Waals surface area contributed by atoms with Crippen LogP contribution in [-0.4, -0.2) is 23.4 Å². The zero-order chi connectivity index (χ0) is 15.4. The molecule has 2 aromatic rings. The smallest absolute Gasteiger partial charge is 0.0847 e. The highest BCUT2D eigenvalue weighted by atomic mass is 35.5. The maximum atomic E-state index is 6.46. The largest absolute Gasteiger partial charge is 0.319 e. The number of benzene rings is 1. The molecule has 0 spiro atoms. The summed E-state index contributed by atoms with van der Waals surface area (Å²) in [4.78, 5) is 0. The quantitative estimate of drug-likeness (QED) is 0.881. The minimum atomic E-state index is 0.398. The van der Waals surface area contributed by atoms with Crippen molar-refractivity contribution in [1.29, 1.82) is 0 Å². The second-order valence-corrected chi connectivity index (χ2v) is 5.86. The van der Waals surface area contributed by atoms with E-state index in [4.69, 9.17) is 11.6 Å². The van der Waals surface area contributed by atoms with Gasteiger partial charge in [-0.25, -0.2) is 0 Å². The zero-order valence-electron chi connectivity index (χ0n) is 13.3. The molecule has 3 nitrogen and oxygen atoms in total. The van der Waals surface area contributed by atoms with E-state index >= 15 is 0 Å². The van der Waals surface area contributed by atoms with E-state index in [0.29, 0.717) is 5.92 Å². The first-order valence-electron chi connectivity index (χ1n) is 7.50. The van der Waals surface area contributed by atoms with Crippen LogP contribution in [0.25, 0.3) is 0 Å². The third-order valence-corrected chi connectivity index (χ3v) is 4.46. The molecule has 2 rings (SSSR count). The molecule has 0 bridgehead atoms. The molecule has 0 radical (unpaired) electrons. The zero-order valence-corrected chi connectivity index (χ0v) is 14.0. The highest BCUT2D eigenvalue weighted by molar-refractivity contribution is 6.31. The first kappa shape index (κ1) is 16.1. The van der Waals surface area contributed by atoms with Gasteiger partial charge in [-0.1, -0.05) is 35.9 Å². The van der Waals surface area contributed by atoms with Gasteiger partial charge in [0.2, 0.25) is 0 Å². The maximum absolute atomic E-state index is 6.46. The van der Waals surface area contributed by atoms with Crippen LogP contribution < -0.4 is 5.32 Å². The fourth-order valence-electron chi connectivity index (χ4n) is 2.88.